The molecule has 82 valence electrons. The summed E-state index contributed by atoms with van der Waals surface area (Å²) in [5.74, 6) is 0. The monoisotopic (exact) mass is 356 g/mol. The molecule has 2 aromatic carbocycles. The lowest BCUT2D eigenvalue weighted by molar-refractivity contribution is 1.32. The van der Waals surface area contributed by atoms with Crippen molar-refractivity contribution < 1.29 is 0 Å². The van der Waals surface area contributed by atoms with E-state index in [1.165, 1.54) is 15.4 Å². The van der Waals surface area contributed by atoms with Gasteiger partial charge >= 0.3 is 0 Å². The van der Waals surface area contributed by atoms with Gasteiger partial charge < -0.3 is 0 Å². The van der Waals surface area contributed by atoms with Crippen molar-refractivity contribution in [3.8, 4) is 0 Å². The average molecular weight is 358 g/mol. The SMILES string of the molecule is Cc1cc(Sc2ccc(Br)cc2)ccc1Br. The van der Waals surface area contributed by atoms with E-state index in [1.54, 1.807) is 11.8 Å². The van der Waals surface area contributed by atoms with Gasteiger partial charge in [-0.3, -0.25) is 0 Å². The van der Waals surface area contributed by atoms with Crippen molar-refractivity contribution in [3.63, 3.8) is 0 Å². The molecule has 0 aliphatic carbocycles. The van der Waals surface area contributed by atoms with Crippen LogP contribution < -0.4 is 0 Å². The highest BCUT2D eigenvalue weighted by Crippen LogP contribution is 2.30. The van der Waals surface area contributed by atoms with E-state index in [4.69, 9.17) is 0 Å². The lowest BCUT2D eigenvalue weighted by atomic mass is 10.2. The highest BCUT2D eigenvalue weighted by Gasteiger charge is 2.00. The molecule has 0 amide bonds. The van der Waals surface area contributed by atoms with Gasteiger partial charge in [0.15, 0.2) is 0 Å². The number of rotatable bonds is 2. The number of hydrogen-bond acceptors (Lipinski definition) is 1. The van der Waals surface area contributed by atoms with Gasteiger partial charge in [-0.25, -0.2) is 0 Å². The van der Waals surface area contributed by atoms with Crippen molar-refractivity contribution in [1.29, 1.82) is 0 Å². The molecule has 2 aromatic rings. The molecular weight excluding hydrogens is 348 g/mol. The first kappa shape index (κ1) is 12.2. The van der Waals surface area contributed by atoms with Crippen molar-refractivity contribution in [2.75, 3.05) is 0 Å². The second-order valence-electron chi connectivity index (χ2n) is 3.47. The lowest BCUT2D eigenvalue weighted by Crippen LogP contribution is -1.78. The summed E-state index contributed by atoms with van der Waals surface area (Å²) in [6.45, 7) is 2.11. The molecule has 0 saturated carbocycles. The van der Waals surface area contributed by atoms with Gasteiger partial charge in [-0.1, -0.05) is 43.6 Å². The van der Waals surface area contributed by atoms with E-state index < -0.39 is 0 Å². The summed E-state index contributed by atoms with van der Waals surface area (Å²) < 4.78 is 2.27. The van der Waals surface area contributed by atoms with E-state index >= 15 is 0 Å². The Morgan fingerprint density at radius 3 is 2.12 bits per heavy atom. The Hall–Kier alpha value is -0.250. The molecule has 0 heterocycles. The minimum absolute atomic E-state index is 1.11. The van der Waals surface area contributed by atoms with Crippen molar-refractivity contribution in [3.05, 3.63) is 57.0 Å². The maximum absolute atomic E-state index is 3.51. The summed E-state index contributed by atoms with van der Waals surface area (Å²) in [6.07, 6.45) is 0. The molecular formula is C13H10Br2S. The van der Waals surface area contributed by atoms with Crippen LogP contribution in [0.3, 0.4) is 0 Å². The summed E-state index contributed by atoms with van der Waals surface area (Å²) in [7, 11) is 0. The molecule has 0 aliphatic heterocycles. The van der Waals surface area contributed by atoms with E-state index in [9.17, 15) is 0 Å². The average Bonchev–Trinajstić information content (AvgIpc) is 2.27. The molecule has 0 bridgehead atoms. The van der Waals surface area contributed by atoms with Gasteiger partial charge in [-0.15, -0.1) is 0 Å². The van der Waals surface area contributed by atoms with Crippen LogP contribution in [-0.4, -0.2) is 0 Å². The van der Waals surface area contributed by atoms with Crippen LogP contribution in [0.15, 0.2) is 61.2 Å². The van der Waals surface area contributed by atoms with Crippen molar-refractivity contribution in [2.24, 2.45) is 0 Å². The van der Waals surface area contributed by atoms with Gasteiger partial charge in [0.1, 0.15) is 0 Å². The van der Waals surface area contributed by atoms with Gasteiger partial charge in [0, 0.05) is 18.7 Å². The molecule has 0 aliphatic rings. The number of halogens is 2. The third-order valence-corrected chi connectivity index (χ3v) is 4.59. The zero-order valence-corrected chi connectivity index (χ0v) is 12.7. The van der Waals surface area contributed by atoms with E-state index in [0.717, 1.165) is 8.95 Å². The molecule has 0 aromatic heterocycles. The first-order valence-corrected chi connectivity index (χ1v) is 7.25. The summed E-state index contributed by atoms with van der Waals surface area (Å²) in [5.41, 5.74) is 1.27. The third-order valence-electron chi connectivity index (χ3n) is 2.18. The highest BCUT2D eigenvalue weighted by molar-refractivity contribution is 9.10. The number of benzene rings is 2. The highest BCUT2D eigenvalue weighted by atomic mass is 79.9. The van der Waals surface area contributed by atoms with Crippen LogP contribution in [0.25, 0.3) is 0 Å². The van der Waals surface area contributed by atoms with Gasteiger partial charge in [-0.2, -0.15) is 0 Å². The predicted octanol–water partition coefficient (Wildman–Crippen LogP) is 5.67. The second-order valence-corrected chi connectivity index (χ2v) is 6.38. The fourth-order valence-electron chi connectivity index (χ4n) is 1.32. The zero-order chi connectivity index (χ0) is 11.5. The Morgan fingerprint density at radius 1 is 0.875 bits per heavy atom. The van der Waals surface area contributed by atoms with Crippen LogP contribution in [0.1, 0.15) is 5.56 Å². The standard InChI is InChI=1S/C13H10Br2S/c1-9-8-12(6-7-13(9)15)16-11-4-2-10(14)3-5-11/h2-8H,1H3. The molecule has 3 heteroatoms. The molecule has 16 heavy (non-hydrogen) atoms. The van der Waals surface area contributed by atoms with Gasteiger partial charge in [0.25, 0.3) is 0 Å². The molecule has 0 nitrogen and oxygen atoms in total. The minimum Gasteiger partial charge on any atom is -0.0901 e. The number of aryl methyl sites for hydroxylation is 1. The largest absolute Gasteiger partial charge is 0.0901 e. The quantitative estimate of drug-likeness (QED) is 0.667. The fraction of sp³-hybridized carbons (Fsp3) is 0.0769. The Bertz CT molecular complexity index is 492. The Kier molecular flexibility index (Phi) is 4.11. The van der Waals surface area contributed by atoms with Gasteiger partial charge in [0.05, 0.1) is 0 Å². The molecule has 0 fully saturated rings. The van der Waals surface area contributed by atoms with Crippen LogP contribution in [0.2, 0.25) is 0 Å². The van der Waals surface area contributed by atoms with Crippen molar-refractivity contribution in [1.82, 2.24) is 0 Å². The topological polar surface area (TPSA) is 0 Å². The first-order chi connectivity index (χ1) is 7.65. The summed E-state index contributed by atoms with van der Waals surface area (Å²) in [5, 5.41) is 0. The normalized spacial score (nSPS) is 10.4. The van der Waals surface area contributed by atoms with Gasteiger partial charge in [-0.05, 0) is 55.0 Å². The van der Waals surface area contributed by atoms with Crippen LogP contribution in [0.5, 0.6) is 0 Å². The fourth-order valence-corrected chi connectivity index (χ4v) is 2.75. The molecule has 2 rings (SSSR count). The Balaban J connectivity index is 2.20. The van der Waals surface area contributed by atoms with E-state index in [1.807, 2.05) is 0 Å². The van der Waals surface area contributed by atoms with Crippen LogP contribution in [0.4, 0.5) is 0 Å². The lowest BCUT2D eigenvalue weighted by Gasteiger charge is -2.04. The molecule has 0 unspecified atom stereocenters. The maximum Gasteiger partial charge on any atom is 0.0205 e. The predicted molar refractivity (Wildman–Crippen MR) is 77.1 cm³/mol. The molecule has 0 spiro atoms. The van der Waals surface area contributed by atoms with Crippen molar-refractivity contribution >= 4 is 43.6 Å². The molecule has 0 N–H and O–H groups in total. The zero-order valence-electron chi connectivity index (χ0n) is 8.71. The molecule has 0 radical (unpaired) electrons. The Morgan fingerprint density at radius 2 is 1.50 bits per heavy atom. The van der Waals surface area contributed by atoms with Crippen LogP contribution in [-0.2, 0) is 0 Å². The first-order valence-electron chi connectivity index (χ1n) is 4.85. The van der Waals surface area contributed by atoms with Gasteiger partial charge in [0.2, 0.25) is 0 Å². The van der Waals surface area contributed by atoms with E-state index in [-0.39, 0.29) is 0 Å². The van der Waals surface area contributed by atoms with Crippen LogP contribution in [0, 0.1) is 6.92 Å². The minimum atomic E-state index is 1.11. The molecule has 0 saturated heterocycles. The van der Waals surface area contributed by atoms with Crippen LogP contribution >= 0.6 is 43.6 Å². The third kappa shape index (κ3) is 3.12. The van der Waals surface area contributed by atoms with E-state index in [0.29, 0.717) is 0 Å². The smallest absolute Gasteiger partial charge is 0.0205 e. The van der Waals surface area contributed by atoms with E-state index in [2.05, 4.69) is 81.2 Å². The van der Waals surface area contributed by atoms with Crippen molar-refractivity contribution in [2.45, 2.75) is 16.7 Å². The summed E-state index contributed by atoms with van der Waals surface area (Å²) in [4.78, 5) is 2.52. The summed E-state index contributed by atoms with van der Waals surface area (Å²) >= 11 is 8.72. The summed E-state index contributed by atoms with van der Waals surface area (Å²) in [6, 6.07) is 14.8. The second kappa shape index (κ2) is 5.39. The molecule has 0 atom stereocenters. The Labute approximate surface area is 117 Å². The number of hydrogen-bond donors (Lipinski definition) is 0. The maximum atomic E-state index is 3.51.